The second kappa shape index (κ2) is 17.5. The highest BCUT2D eigenvalue weighted by Gasteiger charge is 2.17. The molecule has 0 spiro atoms. The van der Waals surface area contributed by atoms with Crippen LogP contribution in [0, 0.1) is 5.92 Å². The normalized spacial score (nSPS) is 13.2. The van der Waals surface area contributed by atoms with Gasteiger partial charge in [0.05, 0.1) is 5.88 Å². The van der Waals surface area contributed by atoms with Gasteiger partial charge in [0, 0.05) is 30.2 Å². The van der Waals surface area contributed by atoms with Gasteiger partial charge >= 0.3 is 0 Å². The van der Waals surface area contributed by atoms with Gasteiger partial charge in [-0.15, -0.1) is 11.6 Å². The molecule has 0 N–H and O–H groups in total. The van der Waals surface area contributed by atoms with Gasteiger partial charge in [-0.2, -0.15) is 0 Å². The summed E-state index contributed by atoms with van der Waals surface area (Å²) in [5, 5.41) is 2.19. The van der Waals surface area contributed by atoms with Crippen LogP contribution in [0.25, 0.3) is 10.8 Å². The maximum absolute atomic E-state index is 13.2. The Kier molecular flexibility index (Phi) is 13.8. The lowest BCUT2D eigenvalue weighted by atomic mass is 9.90. The van der Waals surface area contributed by atoms with E-state index in [-0.39, 0.29) is 17.5 Å². The Morgan fingerprint density at radius 3 is 2.44 bits per heavy atom. The van der Waals surface area contributed by atoms with Crippen molar-refractivity contribution in [2.24, 2.45) is 10.9 Å². The smallest absolute Gasteiger partial charge is 0.185 e. The van der Waals surface area contributed by atoms with E-state index in [1.165, 1.54) is 16.7 Å². The number of halogens is 1. The molecule has 0 fully saturated rings. The summed E-state index contributed by atoms with van der Waals surface area (Å²) in [5.41, 5.74) is 5.53. The summed E-state index contributed by atoms with van der Waals surface area (Å²) in [6.07, 6.45) is 11.9. The van der Waals surface area contributed by atoms with Crippen LogP contribution in [-0.4, -0.2) is 29.7 Å². The number of aryl methyl sites for hydroxylation is 1. The first-order valence-electron chi connectivity index (χ1n) is 14.9. The van der Waals surface area contributed by atoms with Crippen LogP contribution in [0.1, 0.15) is 80.8 Å². The molecule has 0 aliphatic heterocycles. The third-order valence-corrected chi connectivity index (χ3v) is 7.96. The maximum Gasteiger partial charge on any atom is 0.185 e. The predicted octanol–water partition coefficient (Wildman–Crippen LogP) is 9.56. The zero-order valence-electron chi connectivity index (χ0n) is 24.9. The fraction of sp³-hybridized carbons (Fsp3) is 0.378. The third-order valence-electron chi connectivity index (χ3n) is 7.65. The number of carbonyl (C=O) groups excluding carboxylic acids is 2. The lowest BCUT2D eigenvalue weighted by Gasteiger charge is -2.14. The minimum Gasteiger partial charge on any atom is -0.299 e. The summed E-state index contributed by atoms with van der Waals surface area (Å²) in [6, 6.07) is 22.6. The van der Waals surface area contributed by atoms with E-state index in [9.17, 15) is 9.59 Å². The molecule has 0 saturated heterocycles. The molecule has 1 unspecified atom stereocenters. The van der Waals surface area contributed by atoms with E-state index in [0.29, 0.717) is 30.8 Å². The predicted molar refractivity (Wildman–Crippen MR) is 176 cm³/mol. The Bertz CT molecular complexity index is 1360. The Balaban J connectivity index is 1.62. The quantitative estimate of drug-likeness (QED) is 0.0405. The Morgan fingerprint density at radius 2 is 1.71 bits per heavy atom. The number of fused-ring (bicyclic) bond motifs is 1. The molecular weight excluding hydrogens is 526 g/mol. The molecule has 0 heterocycles. The molecule has 0 aromatic heterocycles. The average molecular weight is 570 g/mol. The number of hydrogen-bond acceptors (Lipinski definition) is 3. The van der Waals surface area contributed by atoms with Gasteiger partial charge in [0.1, 0.15) is 5.78 Å². The van der Waals surface area contributed by atoms with E-state index in [2.05, 4.69) is 62.2 Å². The number of allylic oxidation sites excluding steroid dienone is 4. The van der Waals surface area contributed by atoms with Crippen molar-refractivity contribution in [2.75, 3.05) is 12.4 Å². The summed E-state index contributed by atoms with van der Waals surface area (Å²) in [6.45, 7) is 6.94. The molecule has 0 radical (unpaired) electrons. The Hall–Kier alpha value is -3.30. The van der Waals surface area contributed by atoms with Crippen LogP contribution >= 0.6 is 11.6 Å². The van der Waals surface area contributed by atoms with Crippen molar-refractivity contribution in [1.82, 2.24) is 0 Å². The molecular formula is C37H44ClNO2. The molecule has 0 aliphatic rings. The van der Waals surface area contributed by atoms with Crippen LogP contribution in [0.15, 0.2) is 95.5 Å². The van der Waals surface area contributed by atoms with Gasteiger partial charge < -0.3 is 0 Å². The van der Waals surface area contributed by atoms with Crippen LogP contribution in [0.4, 0.5) is 0 Å². The van der Waals surface area contributed by atoms with E-state index in [1.807, 2.05) is 42.5 Å². The summed E-state index contributed by atoms with van der Waals surface area (Å²) in [7, 11) is 0. The van der Waals surface area contributed by atoms with Crippen molar-refractivity contribution in [3.63, 3.8) is 0 Å². The fourth-order valence-corrected chi connectivity index (χ4v) is 5.24. The summed E-state index contributed by atoms with van der Waals surface area (Å²) in [4.78, 5) is 30.8. The van der Waals surface area contributed by atoms with Crippen LogP contribution < -0.4 is 0 Å². The highest BCUT2D eigenvalue weighted by atomic mass is 35.5. The number of ketones is 2. The van der Waals surface area contributed by atoms with Crippen LogP contribution in [0.5, 0.6) is 0 Å². The van der Waals surface area contributed by atoms with E-state index in [4.69, 9.17) is 11.6 Å². The molecule has 216 valence electrons. The van der Waals surface area contributed by atoms with Crippen LogP contribution in [0.3, 0.4) is 0 Å². The van der Waals surface area contributed by atoms with Gasteiger partial charge in [0.25, 0.3) is 0 Å². The highest BCUT2D eigenvalue weighted by molar-refractivity contribution is 6.28. The molecule has 0 saturated carbocycles. The topological polar surface area (TPSA) is 46.5 Å². The highest BCUT2D eigenvalue weighted by Crippen LogP contribution is 2.21. The molecule has 1 atom stereocenters. The largest absolute Gasteiger partial charge is 0.299 e. The molecule has 0 bridgehead atoms. The van der Waals surface area contributed by atoms with Crippen LogP contribution in [-0.2, 0) is 17.6 Å². The fourth-order valence-electron chi connectivity index (χ4n) is 4.97. The maximum atomic E-state index is 13.2. The van der Waals surface area contributed by atoms with Crippen molar-refractivity contribution in [3.8, 4) is 0 Å². The monoisotopic (exact) mass is 569 g/mol. The zero-order chi connectivity index (χ0) is 29.5. The van der Waals surface area contributed by atoms with Gasteiger partial charge in [-0.25, -0.2) is 0 Å². The SMILES string of the molecule is CC=C(C)Cc1ccc2cc(C(=O)/C=C/CC(CCCN=C(CC)CCl)C(=O)CCCc3ccccc3)ccc2c1. The van der Waals surface area contributed by atoms with E-state index >= 15 is 0 Å². The second-order valence-corrected chi connectivity index (χ2v) is 11.1. The van der Waals surface area contributed by atoms with Crippen LogP contribution in [0.2, 0.25) is 0 Å². The van der Waals surface area contributed by atoms with E-state index in [0.717, 1.165) is 55.0 Å². The zero-order valence-corrected chi connectivity index (χ0v) is 25.6. The Morgan fingerprint density at radius 1 is 0.951 bits per heavy atom. The number of carbonyl (C=O) groups is 2. The third kappa shape index (κ3) is 10.9. The Labute approximate surface area is 251 Å². The first-order valence-corrected chi connectivity index (χ1v) is 15.5. The molecule has 0 amide bonds. The summed E-state index contributed by atoms with van der Waals surface area (Å²) < 4.78 is 0. The number of hydrogen-bond donors (Lipinski definition) is 0. The minimum absolute atomic E-state index is 0.0321. The number of aliphatic imine (C=N–C) groups is 1. The van der Waals surface area contributed by atoms with Crippen molar-refractivity contribution >= 4 is 39.7 Å². The number of nitrogens with zero attached hydrogens (tertiary/aromatic N) is 1. The van der Waals surface area contributed by atoms with Crippen molar-refractivity contribution in [1.29, 1.82) is 0 Å². The number of Topliss-reactive ketones (excluding diaryl/α,β-unsaturated/α-hetero) is 1. The van der Waals surface area contributed by atoms with Gasteiger partial charge in [-0.1, -0.05) is 85.3 Å². The standard InChI is InChI=1S/C37H44ClNO2/c1-4-28(3)24-30-19-20-33-26-34(22-21-32(33)25-30)37(41)18-10-15-31(16-11-23-39-35(5-2)27-38)36(40)17-9-14-29-12-7-6-8-13-29/h4,6-8,10,12-13,18-22,25-26,31H,5,9,11,14-17,23-24,27H2,1-3H3/b18-10+,28-4?,39-35?. The van der Waals surface area contributed by atoms with Gasteiger partial charge in [-0.3, -0.25) is 14.6 Å². The summed E-state index contributed by atoms with van der Waals surface area (Å²) >= 11 is 5.95. The average Bonchev–Trinajstić information content (AvgIpc) is 3.00. The van der Waals surface area contributed by atoms with Gasteiger partial charge in [-0.05, 0) is 92.8 Å². The number of rotatable bonds is 17. The van der Waals surface area contributed by atoms with Crippen molar-refractivity contribution in [3.05, 3.63) is 107 Å². The number of alkyl halides is 1. The van der Waals surface area contributed by atoms with Gasteiger partial charge in [0.2, 0.25) is 0 Å². The first kappa shape index (κ1) is 32.2. The second-order valence-electron chi connectivity index (χ2n) is 10.8. The minimum atomic E-state index is -0.109. The molecule has 3 nitrogen and oxygen atoms in total. The lowest BCUT2D eigenvalue weighted by Crippen LogP contribution is -2.15. The molecule has 41 heavy (non-hydrogen) atoms. The van der Waals surface area contributed by atoms with Crippen molar-refractivity contribution < 1.29 is 9.59 Å². The summed E-state index contributed by atoms with van der Waals surface area (Å²) in [5.74, 6) is 0.580. The molecule has 3 rings (SSSR count). The van der Waals surface area contributed by atoms with E-state index < -0.39 is 0 Å². The van der Waals surface area contributed by atoms with Gasteiger partial charge in [0.15, 0.2) is 5.78 Å². The lowest BCUT2D eigenvalue weighted by molar-refractivity contribution is -0.123. The molecule has 0 aliphatic carbocycles. The molecule has 3 aromatic carbocycles. The number of benzene rings is 3. The first-order chi connectivity index (χ1) is 19.9. The molecule has 4 heteroatoms. The van der Waals surface area contributed by atoms with E-state index in [1.54, 1.807) is 6.08 Å². The molecule has 3 aromatic rings. The van der Waals surface area contributed by atoms with Crippen molar-refractivity contribution in [2.45, 2.75) is 72.1 Å².